The summed E-state index contributed by atoms with van der Waals surface area (Å²) >= 11 is 0. The Bertz CT molecular complexity index is 345. The average molecular weight is 203 g/mol. The second kappa shape index (κ2) is 4.34. The van der Waals surface area contributed by atoms with Gasteiger partial charge in [-0.05, 0) is 5.56 Å². The van der Waals surface area contributed by atoms with E-state index in [4.69, 9.17) is 5.73 Å². The molecule has 0 radical (unpaired) electrons. The van der Waals surface area contributed by atoms with Crippen molar-refractivity contribution in [1.82, 2.24) is 5.01 Å². The number of hydrazone groups is 1. The van der Waals surface area contributed by atoms with E-state index >= 15 is 0 Å². The molecule has 1 heterocycles. The molecule has 1 aliphatic rings. The molecule has 0 saturated carbocycles. The Hall–Kier alpha value is -1.51. The second-order valence-electron chi connectivity index (χ2n) is 4.07. The molecule has 0 amide bonds. The van der Waals surface area contributed by atoms with E-state index in [0.29, 0.717) is 5.92 Å². The Balaban J connectivity index is 1.96. The predicted octanol–water partition coefficient (Wildman–Crippen LogP) is 1.77. The molecule has 1 unspecified atom stereocenters. The summed E-state index contributed by atoms with van der Waals surface area (Å²) in [6.07, 6.45) is 0.904. The van der Waals surface area contributed by atoms with Crippen LogP contribution in [0.4, 0.5) is 0 Å². The zero-order valence-corrected chi connectivity index (χ0v) is 9.06. The molecule has 80 valence electrons. The maximum Gasteiger partial charge on any atom is 0.121 e. The van der Waals surface area contributed by atoms with Crippen molar-refractivity contribution in [3.05, 3.63) is 35.9 Å². The molecular formula is C12H17N3. The molecule has 1 aliphatic heterocycles. The van der Waals surface area contributed by atoms with Crippen LogP contribution in [0.15, 0.2) is 35.4 Å². The third kappa shape index (κ3) is 2.49. The van der Waals surface area contributed by atoms with Crippen molar-refractivity contribution in [2.45, 2.75) is 19.3 Å². The molecule has 2 rings (SSSR count). The first kappa shape index (κ1) is 10.0. The van der Waals surface area contributed by atoms with Crippen molar-refractivity contribution < 1.29 is 0 Å². The summed E-state index contributed by atoms with van der Waals surface area (Å²) in [7, 11) is 0. The number of amidine groups is 1. The maximum atomic E-state index is 5.65. The van der Waals surface area contributed by atoms with Crippen LogP contribution in [0.3, 0.4) is 0 Å². The average Bonchev–Trinajstić information content (AvgIpc) is 2.65. The Morgan fingerprint density at radius 3 is 2.73 bits per heavy atom. The van der Waals surface area contributed by atoms with E-state index in [1.54, 1.807) is 0 Å². The highest BCUT2D eigenvalue weighted by atomic mass is 15.5. The van der Waals surface area contributed by atoms with E-state index in [1.807, 2.05) is 6.07 Å². The topological polar surface area (TPSA) is 41.6 Å². The van der Waals surface area contributed by atoms with Gasteiger partial charge in [0.15, 0.2) is 0 Å². The molecule has 0 aliphatic carbocycles. The predicted molar refractivity (Wildman–Crippen MR) is 62.7 cm³/mol. The van der Waals surface area contributed by atoms with Crippen LogP contribution in [0.1, 0.15) is 24.8 Å². The third-order valence-corrected chi connectivity index (χ3v) is 2.75. The van der Waals surface area contributed by atoms with Crippen molar-refractivity contribution in [2.24, 2.45) is 10.8 Å². The Morgan fingerprint density at radius 2 is 2.13 bits per heavy atom. The molecule has 0 bridgehead atoms. The maximum absolute atomic E-state index is 5.65. The van der Waals surface area contributed by atoms with E-state index < -0.39 is 0 Å². The summed E-state index contributed by atoms with van der Waals surface area (Å²) in [4.78, 5) is 0. The quantitative estimate of drug-likeness (QED) is 0.813. The minimum atomic E-state index is 0.501. The first-order valence-corrected chi connectivity index (χ1v) is 5.38. The van der Waals surface area contributed by atoms with E-state index in [1.165, 1.54) is 5.56 Å². The molecule has 15 heavy (non-hydrogen) atoms. The fourth-order valence-corrected chi connectivity index (χ4v) is 1.86. The van der Waals surface area contributed by atoms with Crippen molar-refractivity contribution in [3.8, 4) is 0 Å². The molecule has 0 spiro atoms. The molecule has 1 atom stereocenters. The van der Waals surface area contributed by atoms with Crippen LogP contribution in [0, 0.1) is 0 Å². The number of hydrogen-bond donors (Lipinski definition) is 1. The summed E-state index contributed by atoms with van der Waals surface area (Å²) < 4.78 is 0. The Labute approximate surface area is 90.6 Å². The van der Waals surface area contributed by atoms with Crippen molar-refractivity contribution >= 4 is 5.84 Å². The van der Waals surface area contributed by atoms with Gasteiger partial charge in [0, 0.05) is 25.4 Å². The van der Waals surface area contributed by atoms with E-state index in [-0.39, 0.29) is 0 Å². The lowest BCUT2D eigenvalue weighted by Gasteiger charge is -2.19. The number of nitrogens with two attached hydrogens (primary N) is 1. The first-order valence-electron chi connectivity index (χ1n) is 5.38. The number of rotatable bonds is 3. The lowest BCUT2D eigenvalue weighted by atomic mass is 10.0. The standard InChI is InChI=1S/C12H17N3/c1-10(11-5-3-2-4-6-11)9-15-8-7-12(13)14-15/h2-6,10H,7-9H2,1H3,(H2,13,14). The Kier molecular flexibility index (Phi) is 2.90. The van der Waals surface area contributed by atoms with Crippen LogP contribution < -0.4 is 5.73 Å². The molecule has 0 fully saturated rings. The van der Waals surface area contributed by atoms with E-state index in [9.17, 15) is 0 Å². The second-order valence-corrected chi connectivity index (χ2v) is 4.07. The number of nitrogens with zero attached hydrogens (tertiary/aromatic N) is 2. The van der Waals surface area contributed by atoms with Gasteiger partial charge < -0.3 is 5.73 Å². The fraction of sp³-hybridized carbons (Fsp3) is 0.417. The smallest absolute Gasteiger partial charge is 0.121 e. The molecule has 1 aromatic rings. The first-order chi connectivity index (χ1) is 7.25. The molecule has 1 aromatic carbocycles. The van der Waals surface area contributed by atoms with Crippen LogP contribution in [0.2, 0.25) is 0 Å². The lowest BCUT2D eigenvalue weighted by molar-refractivity contribution is 0.301. The molecule has 0 saturated heterocycles. The largest absolute Gasteiger partial charge is 0.386 e. The van der Waals surface area contributed by atoms with Crippen LogP contribution >= 0.6 is 0 Å². The van der Waals surface area contributed by atoms with Gasteiger partial charge in [0.25, 0.3) is 0 Å². The zero-order chi connectivity index (χ0) is 10.7. The van der Waals surface area contributed by atoms with E-state index in [2.05, 4.69) is 41.3 Å². The highest BCUT2D eigenvalue weighted by Crippen LogP contribution is 2.17. The molecule has 2 N–H and O–H groups in total. The number of hydrogen-bond acceptors (Lipinski definition) is 3. The summed E-state index contributed by atoms with van der Waals surface area (Å²) in [5.41, 5.74) is 7.01. The van der Waals surface area contributed by atoms with Gasteiger partial charge in [0.2, 0.25) is 0 Å². The minimum Gasteiger partial charge on any atom is -0.386 e. The van der Waals surface area contributed by atoms with Crippen LogP contribution in [0.5, 0.6) is 0 Å². The highest BCUT2D eigenvalue weighted by molar-refractivity contribution is 5.81. The van der Waals surface area contributed by atoms with Crippen LogP contribution in [-0.4, -0.2) is 23.9 Å². The molecule has 0 aromatic heterocycles. The third-order valence-electron chi connectivity index (χ3n) is 2.75. The van der Waals surface area contributed by atoms with Crippen LogP contribution in [0.25, 0.3) is 0 Å². The Morgan fingerprint density at radius 1 is 1.40 bits per heavy atom. The van der Waals surface area contributed by atoms with Gasteiger partial charge in [-0.3, -0.25) is 5.01 Å². The van der Waals surface area contributed by atoms with Gasteiger partial charge in [-0.15, -0.1) is 0 Å². The van der Waals surface area contributed by atoms with Gasteiger partial charge >= 0.3 is 0 Å². The summed E-state index contributed by atoms with van der Waals surface area (Å²) in [6.45, 7) is 4.13. The van der Waals surface area contributed by atoms with Gasteiger partial charge in [-0.2, -0.15) is 5.10 Å². The van der Waals surface area contributed by atoms with Crippen molar-refractivity contribution in [2.75, 3.05) is 13.1 Å². The fourth-order valence-electron chi connectivity index (χ4n) is 1.86. The SMILES string of the molecule is CC(CN1CCC(N)=N1)c1ccccc1. The summed E-state index contributed by atoms with van der Waals surface area (Å²) in [5.74, 6) is 1.26. The summed E-state index contributed by atoms with van der Waals surface area (Å²) in [6, 6.07) is 10.5. The van der Waals surface area contributed by atoms with Gasteiger partial charge in [0.05, 0.1) is 0 Å². The van der Waals surface area contributed by atoms with Gasteiger partial charge in [-0.25, -0.2) is 0 Å². The van der Waals surface area contributed by atoms with Gasteiger partial charge in [0.1, 0.15) is 5.84 Å². The van der Waals surface area contributed by atoms with Crippen molar-refractivity contribution in [3.63, 3.8) is 0 Å². The molecular weight excluding hydrogens is 186 g/mol. The molecule has 3 heteroatoms. The zero-order valence-electron chi connectivity index (χ0n) is 9.06. The van der Waals surface area contributed by atoms with Gasteiger partial charge in [-0.1, -0.05) is 37.3 Å². The molecule has 3 nitrogen and oxygen atoms in total. The number of benzene rings is 1. The lowest BCUT2D eigenvalue weighted by Crippen LogP contribution is -2.20. The van der Waals surface area contributed by atoms with E-state index in [0.717, 1.165) is 25.3 Å². The summed E-state index contributed by atoms with van der Waals surface area (Å²) in [5, 5.41) is 6.34. The minimum absolute atomic E-state index is 0.501. The van der Waals surface area contributed by atoms with Crippen molar-refractivity contribution in [1.29, 1.82) is 0 Å². The van der Waals surface area contributed by atoms with Crippen LogP contribution in [-0.2, 0) is 0 Å². The highest BCUT2D eigenvalue weighted by Gasteiger charge is 2.15. The normalized spacial score (nSPS) is 17.7. The monoisotopic (exact) mass is 203 g/mol.